The molecular formula is C10H14N4O. The summed E-state index contributed by atoms with van der Waals surface area (Å²) in [5.41, 5.74) is 0.741. The highest BCUT2D eigenvalue weighted by molar-refractivity contribution is 5.68. The Morgan fingerprint density at radius 1 is 1.20 bits per heavy atom. The lowest BCUT2D eigenvalue weighted by atomic mass is 10.1. The highest BCUT2D eigenvalue weighted by atomic mass is 16.1. The number of imidazole rings is 1. The first kappa shape index (κ1) is 9.89. The minimum absolute atomic E-state index is 0.0486. The van der Waals surface area contributed by atoms with Crippen molar-refractivity contribution in [1.29, 1.82) is 0 Å². The van der Waals surface area contributed by atoms with E-state index in [0.717, 1.165) is 0 Å². The molecule has 0 N–H and O–H groups in total. The van der Waals surface area contributed by atoms with Gasteiger partial charge in [0, 0.05) is 12.6 Å². The molecule has 2 aromatic rings. The SMILES string of the molecule is Cn1cnc2ncn(C(C)(C)C)c(=O)c21. The van der Waals surface area contributed by atoms with Crippen LogP contribution in [0, 0.1) is 0 Å². The van der Waals surface area contributed by atoms with E-state index in [1.54, 1.807) is 28.8 Å². The third-order valence-electron chi connectivity index (χ3n) is 2.36. The molecule has 0 spiro atoms. The second-order valence-corrected chi connectivity index (χ2v) is 4.62. The zero-order valence-electron chi connectivity index (χ0n) is 9.35. The first-order chi connectivity index (χ1) is 6.91. The van der Waals surface area contributed by atoms with Gasteiger partial charge in [-0.15, -0.1) is 0 Å². The van der Waals surface area contributed by atoms with Gasteiger partial charge in [-0.25, -0.2) is 9.97 Å². The van der Waals surface area contributed by atoms with Crippen LogP contribution in [0.15, 0.2) is 17.4 Å². The molecular weight excluding hydrogens is 192 g/mol. The van der Waals surface area contributed by atoms with Gasteiger partial charge in [0.1, 0.15) is 6.33 Å². The van der Waals surface area contributed by atoms with Gasteiger partial charge in [-0.1, -0.05) is 0 Å². The zero-order chi connectivity index (χ0) is 11.2. The minimum atomic E-state index is -0.261. The number of fused-ring (bicyclic) bond motifs is 1. The highest BCUT2D eigenvalue weighted by Crippen LogP contribution is 2.11. The van der Waals surface area contributed by atoms with Crippen LogP contribution in [0.5, 0.6) is 0 Å². The van der Waals surface area contributed by atoms with Crippen molar-refractivity contribution in [2.45, 2.75) is 26.3 Å². The molecule has 0 aliphatic carbocycles. The third-order valence-corrected chi connectivity index (χ3v) is 2.36. The summed E-state index contributed by atoms with van der Waals surface area (Å²) in [6.07, 6.45) is 3.16. The maximum atomic E-state index is 12.1. The van der Waals surface area contributed by atoms with E-state index < -0.39 is 0 Å². The lowest BCUT2D eigenvalue weighted by Gasteiger charge is -2.21. The maximum absolute atomic E-state index is 12.1. The fourth-order valence-corrected chi connectivity index (χ4v) is 1.52. The summed E-state index contributed by atoms with van der Waals surface area (Å²) in [6, 6.07) is 0. The van der Waals surface area contributed by atoms with Gasteiger partial charge < -0.3 is 4.57 Å². The van der Waals surface area contributed by atoms with Gasteiger partial charge in [0.2, 0.25) is 0 Å². The van der Waals surface area contributed by atoms with Gasteiger partial charge in [0.15, 0.2) is 11.2 Å². The topological polar surface area (TPSA) is 52.7 Å². The van der Waals surface area contributed by atoms with Crippen molar-refractivity contribution in [3.8, 4) is 0 Å². The molecule has 5 nitrogen and oxygen atoms in total. The second-order valence-electron chi connectivity index (χ2n) is 4.62. The average molecular weight is 206 g/mol. The predicted molar refractivity (Wildman–Crippen MR) is 57.8 cm³/mol. The van der Waals surface area contributed by atoms with Crippen LogP contribution >= 0.6 is 0 Å². The first-order valence-electron chi connectivity index (χ1n) is 4.80. The number of hydrogen-bond donors (Lipinski definition) is 0. The van der Waals surface area contributed by atoms with E-state index in [9.17, 15) is 4.79 Å². The Morgan fingerprint density at radius 3 is 2.40 bits per heavy atom. The van der Waals surface area contributed by atoms with Crippen molar-refractivity contribution in [3.63, 3.8) is 0 Å². The van der Waals surface area contributed by atoms with Crippen LogP contribution in [0.1, 0.15) is 20.8 Å². The zero-order valence-corrected chi connectivity index (χ0v) is 9.35. The van der Waals surface area contributed by atoms with Gasteiger partial charge in [-0.3, -0.25) is 9.36 Å². The van der Waals surface area contributed by atoms with Crippen LogP contribution in [-0.4, -0.2) is 19.1 Å². The van der Waals surface area contributed by atoms with Crippen LogP contribution in [-0.2, 0) is 12.6 Å². The van der Waals surface area contributed by atoms with Gasteiger partial charge in [-0.2, -0.15) is 0 Å². The van der Waals surface area contributed by atoms with Crippen molar-refractivity contribution < 1.29 is 0 Å². The molecule has 0 amide bonds. The van der Waals surface area contributed by atoms with E-state index in [4.69, 9.17) is 0 Å². The van der Waals surface area contributed by atoms with E-state index in [0.29, 0.717) is 11.2 Å². The molecule has 0 aromatic carbocycles. The fourth-order valence-electron chi connectivity index (χ4n) is 1.52. The van der Waals surface area contributed by atoms with Crippen molar-refractivity contribution in [2.24, 2.45) is 7.05 Å². The second kappa shape index (κ2) is 2.92. The molecule has 2 rings (SSSR count). The van der Waals surface area contributed by atoms with Crippen molar-refractivity contribution in [3.05, 3.63) is 23.0 Å². The normalized spacial score (nSPS) is 12.3. The van der Waals surface area contributed by atoms with Gasteiger partial charge in [-0.05, 0) is 20.8 Å². The van der Waals surface area contributed by atoms with Crippen molar-refractivity contribution in [2.75, 3.05) is 0 Å². The summed E-state index contributed by atoms with van der Waals surface area (Å²) in [6.45, 7) is 5.91. The summed E-state index contributed by atoms with van der Waals surface area (Å²) in [7, 11) is 1.80. The van der Waals surface area contributed by atoms with Crippen LogP contribution < -0.4 is 5.56 Å². The Kier molecular flexibility index (Phi) is 1.92. The predicted octanol–water partition coefficient (Wildman–Crippen LogP) is 0.885. The summed E-state index contributed by atoms with van der Waals surface area (Å²) in [5, 5.41) is 0. The number of aryl methyl sites for hydroxylation is 1. The van der Waals surface area contributed by atoms with Crippen molar-refractivity contribution in [1.82, 2.24) is 19.1 Å². The molecule has 5 heteroatoms. The molecule has 0 unspecified atom stereocenters. The van der Waals surface area contributed by atoms with E-state index in [-0.39, 0.29) is 11.1 Å². The first-order valence-corrected chi connectivity index (χ1v) is 4.80. The molecule has 0 aliphatic rings. The lowest BCUT2D eigenvalue weighted by molar-refractivity contribution is 0.381. The van der Waals surface area contributed by atoms with Crippen LogP contribution in [0.25, 0.3) is 11.2 Å². The Balaban J connectivity index is 2.87. The molecule has 0 aliphatic heterocycles. The Bertz CT molecular complexity index is 559. The molecule has 0 saturated heterocycles. The summed E-state index contributed by atoms with van der Waals surface area (Å²) >= 11 is 0. The molecule has 80 valence electrons. The molecule has 15 heavy (non-hydrogen) atoms. The van der Waals surface area contributed by atoms with Crippen LogP contribution in [0.4, 0.5) is 0 Å². The number of rotatable bonds is 0. The van der Waals surface area contributed by atoms with E-state index in [1.165, 1.54) is 0 Å². The molecule has 0 saturated carbocycles. The average Bonchev–Trinajstić information content (AvgIpc) is 2.46. The molecule has 0 atom stereocenters. The van der Waals surface area contributed by atoms with Gasteiger partial charge in [0.25, 0.3) is 5.56 Å². The van der Waals surface area contributed by atoms with E-state index in [2.05, 4.69) is 9.97 Å². The quantitative estimate of drug-likeness (QED) is 0.643. The molecule has 0 bridgehead atoms. The van der Waals surface area contributed by atoms with Crippen LogP contribution in [0.3, 0.4) is 0 Å². The van der Waals surface area contributed by atoms with Crippen molar-refractivity contribution >= 4 is 11.2 Å². The minimum Gasteiger partial charge on any atom is -0.328 e. The number of nitrogens with zero attached hydrogens (tertiary/aromatic N) is 4. The molecule has 0 fully saturated rings. The summed E-state index contributed by atoms with van der Waals surface area (Å²) in [4.78, 5) is 20.3. The molecule has 0 radical (unpaired) electrons. The number of aromatic nitrogens is 4. The maximum Gasteiger partial charge on any atom is 0.280 e. The highest BCUT2D eigenvalue weighted by Gasteiger charge is 2.17. The molecule has 2 heterocycles. The van der Waals surface area contributed by atoms with Gasteiger partial charge >= 0.3 is 0 Å². The number of hydrogen-bond acceptors (Lipinski definition) is 3. The van der Waals surface area contributed by atoms with E-state index >= 15 is 0 Å². The smallest absolute Gasteiger partial charge is 0.280 e. The summed E-state index contributed by atoms with van der Waals surface area (Å²) < 4.78 is 3.32. The Morgan fingerprint density at radius 2 is 1.80 bits per heavy atom. The Hall–Kier alpha value is -1.65. The standard InChI is InChI=1S/C10H14N4O/c1-10(2,3)14-6-12-8-7(9(14)15)13(4)5-11-8/h5-6H,1-4H3. The third kappa shape index (κ3) is 1.44. The van der Waals surface area contributed by atoms with E-state index in [1.807, 2.05) is 20.8 Å². The lowest BCUT2D eigenvalue weighted by Crippen LogP contribution is -2.34. The Labute approximate surface area is 87.4 Å². The van der Waals surface area contributed by atoms with Gasteiger partial charge in [0.05, 0.1) is 6.33 Å². The molecule has 2 aromatic heterocycles. The summed E-state index contributed by atoms with van der Waals surface area (Å²) in [5.74, 6) is 0. The van der Waals surface area contributed by atoms with Crippen LogP contribution in [0.2, 0.25) is 0 Å². The largest absolute Gasteiger partial charge is 0.328 e. The monoisotopic (exact) mass is 206 g/mol. The fraction of sp³-hybridized carbons (Fsp3) is 0.500.